The molecule has 0 unspecified atom stereocenters. The first kappa shape index (κ1) is 22.0. The molecule has 7 heteroatoms. The van der Waals surface area contributed by atoms with Gasteiger partial charge in [0.05, 0.1) is 30.4 Å². The van der Waals surface area contributed by atoms with E-state index < -0.39 is 0 Å². The molecule has 1 fully saturated rings. The Bertz CT molecular complexity index is 893. The average molecular weight is 412 g/mol. The lowest BCUT2D eigenvalue weighted by Gasteiger charge is -2.31. The summed E-state index contributed by atoms with van der Waals surface area (Å²) in [5.41, 5.74) is 3.09. The number of hydrogen-bond donors (Lipinski definition) is 3. The van der Waals surface area contributed by atoms with Gasteiger partial charge in [-0.25, -0.2) is 4.98 Å². The molecular weight excluding hydrogens is 378 g/mol. The molecule has 0 radical (unpaired) electrons. The molecule has 0 atom stereocenters. The molecule has 1 amide bonds. The zero-order valence-corrected chi connectivity index (χ0v) is 18.3. The fraction of sp³-hybridized carbons (Fsp3) is 0.522. The molecule has 162 valence electrons. The van der Waals surface area contributed by atoms with Crippen LogP contribution in [-0.2, 0) is 4.79 Å². The molecule has 1 aliphatic carbocycles. The number of hydrogen-bond acceptors (Lipinski definition) is 6. The van der Waals surface area contributed by atoms with Crippen molar-refractivity contribution in [1.82, 2.24) is 15.2 Å². The number of benzene rings is 1. The normalized spacial score (nSPS) is 14.7. The Kier molecular flexibility index (Phi) is 7.63. The summed E-state index contributed by atoms with van der Waals surface area (Å²) in [5.74, 6) is 0.304. The van der Waals surface area contributed by atoms with Gasteiger partial charge in [0.2, 0.25) is 11.8 Å². The maximum Gasteiger partial charge on any atom is 0.239 e. The number of ether oxygens (including phenoxy) is 1. The minimum Gasteiger partial charge on any atom is -0.480 e. The van der Waals surface area contributed by atoms with Gasteiger partial charge >= 0.3 is 0 Å². The second-order valence-electron chi connectivity index (χ2n) is 8.05. The third-order valence-corrected chi connectivity index (χ3v) is 5.89. The van der Waals surface area contributed by atoms with Crippen LogP contribution < -0.4 is 15.4 Å². The van der Waals surface area contributed by atoms with Crippen LogP contribution in [-0.4, -0.2) is 61.8 Å². The van der Waals surface area contributed by atoms with Gasteiger partial charge in [0, 0.05) is 30.7 Å². The van der Waals surface area contributed by atoms with Crippen molar-refractivity contribution < 1.29 is 9.53 Å². The summed E-state index contributed by atoms with van der Waals surface area (Å²) < 4.78 is 5.36. The van der Waals surface area contributed by atoms with E-state index in [-0.39, 0.29) is 12.5 Å². The summed E-state index contributed by atoms with van der Waals surface area (Å²) in [6.45, 7) is 3.62. The molecule has 7 nitrogen and oxygen atoms in total. The Morgan fingerprint density at radius 1 is 1.33 bits per heavy atom. The summed E-state index contributed by atoms with van der Waals surface area (Å²) in [6, 6.07) is 6.56. The fourth-order valence-electron chi connectivity index (χ4n) is 4.16. The maximum atomic E-state index is 12.4. The molecule has 0 saturated heterocycles. The topological polar surface area (TPSA) is 90.3 Å². The first-order valence-electron chi connectivity index (χ1n) is 10.7. The summed E-state index contributed by atoms with van der Waals surface area (Å²) in [7, 11) is 3.68. The van der Waals surface area contributed by atoms with E-state index in [1.807, 2.05) is 25.1 Å². The Morgan fingerprint density at radius 2 is 2.10 bits per heavy atom. The van der Waals surface area contributed by atoms with E-state index >= 15 is 0 Å². The lowest BCUT2D eigenvalue weighted by atomic mass is 9.94. The molecule has 1 aromatic carbocycles. The van der Waals surface area contributed by atoms with Gasteiger partial charge in [-0.2, -0.15) is 0 Å². The summed E-state index contributed by atoms with van der Waals surface area (Å²) in [6.07, 6.45) is 7.70. The minimum atomic E-state index is -0.0699. The predicted molar refractivity (Wildman–Crippen MR) is 122 cm³/mol. The number of anilines is 1. The monoisotopic (exact) mass is 411 g/mol. The lowest BCUT2D eigenvalue weighted by molar-refractivity contribution is -0.119. The minimum absolute atomic E-state index is 0.0699. The number of fused-ring (bicyclic) bond motifs is 1. The van der Waals surface area contributed by atoms with Gasteiger partial charge in [-0.3, -0.25) is 4.79 Å². The van der Waals surface area contributed by atoms with Crippen molar-refractivity contribution >= 4 is 28.7 Å². The van der Waals surface area contributed by atoms with E-state index in [0.717, 1.165) is 23.0 Å². The van der Waals surface area contributed by atoms with Crippen molar-refractivity contribution in [1.29, 1.82) is 5.41 Å². The summed E-state index contributed by atoms with van der Waals surface area (Å²) >= 11 is 0. The number of nitrogens with zero attached hydrogens (tertiary/aromatic N) is 2. The number of carbonyl (C=O) groups excluding carboxylic acids is 1. The number of aryl methyl sites for hydroxylation is 1. The van der Waals surface area contributed by atoms with Crippen LogP contribution in [0.2, 0.25) is 0 Å². The summed E-state index contributed by atoms with van der Waals surface area (Å²) in [5, 5.41) is 14.9. The van der Waals surface area contributed by atoms with E-state index in [2.05, 4.69) is 27.6 Å². The molecule has 0 aliphatic heterocycles. The highest BCUT2D eigenvalue weighted by molar-refractivity contribution is 6.03. The summed E-state index contributed by atoms with van der Waals surface area (Å²) in [4.78, 5) is 19.3. The Hall–Kier alpha value is -2.67. The highest BCUT2D eigenvalue weighted by atomic mass is 16.5. The van der Waals surface area contributed by atoms with Crippen LogP contribution in [0.3, 0.4) is 0 Å². The third-order valence-electron chi connectivity index (χ3n) is 5.89. The molecule has 1 heterocycles. The van der Waals surface area contributed by atoms with E-state index in [4.69, 9.17) is 10.1 Å². The second-order valence-corrected chi connectivity index (χ2v) is 8.05. The number of rotatable bonds is 9. The molecule has 1 aliphatic rings. The molecule has 1 aromatic heterocycles. The molecule has 2 aromatic rings. The molecule has 30 heavy (non-hydrogen) atoms. The smallest absolute Gasteiger partial charge is 0.239 e. The zero-order valence-electron chi connectivity index (χ0n) is 18.3. The number of amides is 1. The van der Waals surface area contributed by atoms with Crippen LogP contribution in [0.15, 0.2) is 18.2 Å². The van der Waals surface area contributed by atoms with E-state index in [1.54, 1.807) is 0 Å². The van der Waals surface area contributed by atoms with Crippen molar-refractivity contribution in [2.24, 2.45) is 0 Å². The first-order chi connectivity index (χ1) is 14.5. The molecule has 0 bridgehead atoms. The highest BCUT2D eigenvalue weighted by Gasteiger charge is 2.18. The number of likely N-dealkylation sites (N-methyl/N-ethyl adjacent to an activating group) is 1. The second kappa shape index (κ2) is 10.4. The number of carbonyl (C=O) groups is 1. The van der Waals surface area contributed by atoms with Crippen molar-refractivity contribution in [3.05, 3.63) is 29.3 Å². The third kappa shape index (κ3) is 5.27. The molecular formula is C23H33N5O2. The van der Waals surface area contributed by atoms with Crippen LogP contribution in [0.1, 0.15) is 43.2 Å². The van der Waals surface area contributed by atoms with Gasteiger partial charge in [-0.15, -0.1) is 0 Å². The fourth-order valence-corrected chi connectivity index (χ4v) is 4.16. The maximum absolute atomic E-state index is 12.4. The van der Waals surface area contributed by atoms with Gasteiger partial charge in [-0.1, -0.05) is 30.9 Å². The predicted octanol–water partition coefficient (Wildman–Crippen LogP) is 3.34. The number of pyridine rings is 1. The van der Waals surface area contributed by atoms with Gasteiger partial charge < -0.3 is 25.7 Å². The molecule has 1 saturated carbocycles. The Labute approximate surface area is 178 Å². The van der Waals surface area contributed by atoms with E-state index in [9.17, 15) is 4.79 Å². The Morgan fingerprint density at radius 3 is 2.80 bits per heavy atom. The Balaban J connectivity index is 1.62. The largest absolute Gasteiger partial charge is 0.480 e. The molecule has 3 rings (SSSR count). The van der Waals surface area contributed by atoms with Crippen LogP contribution >= 0.6 is 0 Å². The quantitative estimate of drug-likeness (QED) is 0.551. The van der Waals surface area contributed by atoms with Crippen LogP contribution in [0.4, 0.5) is 5.69 Å². The van der Waals surface area contributed by atoms with Crippen molar-refractivity contribution in [3.63, 3.8) is 0 Å². The van der Waals surface area contributed by atoms with Gasteiger partial charge in [0.25, 0.3) is 0 Å². The van der Waals surface area contributed by atoms with E-state index in [1.165, 1.54) is 45.4 Å². The van der Waals surface area contributed by atoms with Gasteiger partial charge in [-0.05, 0) is 38.9 Å². The van der Waals surface area contributed by atoms with Crippen LogP contribution in [0.25, 0.3) is 10.9 Å². The molecule has 3 N–H and O–H groups in total. The van der Waals surface area contributed by atoms with Crippen molar-refractivity contribution in [2.45, 2.75) is 45.1 Å². The number of nitrogens with one attached hydrogen (secondary N) is 3. The van der Waals surface area contributed by atoms with E-state index in [0.29, 0.717) is 29.7 Å². The lowest BCUT2D eigenvalue weighted by Crippen LogP contribution is -2.40. The molecule has 0 spiro atoms. The first-order valence-corrected chi connectivity index (χ1v) is 10.7. The van der Waals surface area contributed by atoms with Crippen molar-refractivity contribution in [2.75, 3.05) is 39.1 Å². The SMILES string of the molecule is COc1nc2ccc(C)cc2c(NCC(=O)NCCN(C)C2CCCCC2)c1C=N. The van der Waals surface area contributed by atoms with Crippen molar-refractivity contribution in [3.8, 4) is 5.88 Å². The standard InChI is InChI=1S/C23H33N5O2/c1-16-9-10-20-18(13-16)22(19(14-24)23(27-20)30-3)26-15-21(29)25-11-12-28(2)17-7-5-4-6-8-17/h9-10,13-14,17,24H,4-8,11-12,15H2,1-3H3,(H,25,29)(H,26,27). The highest BCUT2D eigenvalue weighted by Crippen LogP contribution is 2.32. The van der Waals surface area contributed by atoms with Crippen LogP contribution in [0.5, 0.6) is 5.88 Å². The number of methoxy groups -OCH3 is 1. The van der Waals surface area contributed by atoms with Gasteiger partial charge in [0.1, 0.15) is 0 Å². The van der Waals surface area contributed by atoms with Crippen LogP contribution in [0, 0.1) is 12.3 Å². The number of aromatic nitrogens is 1. The average Bonchev–Trinajstić information content (AvgIpc) is 2.77. The van der Waals surface area contributed by atoms with Gasteiger partial charge in [0.15, 0.2) is 0 Å². The zero-order chi connectivity index (χ0) is 21.5.